The Morgan fingerprint density at radius 3 is 2.54 bits per heavy atom. The van der Waals surface area contributed by atoms with Crippen molar-refractivity contribution in [1.29, 1.82) is 5.26 Å². The number of hydrogen-bond acceptors (Lipinski definition) is 7. The van der Waals surface area contributed by atoms with Gasteiger partial charge in [0.2, 0.25) is 5.95 Å². The van der Waals surface area contributed by atoms with Gasteiger partial charge in [-0.15, -0.1) is 0 Å². The molecule has 8 heteroatoms. The van der Waals surface area contributed by atoms with Crippen molar-refractivity contribution in [1.82, 2.24) is 9.97 Å². The first-order valence-electron chi connectivity index (χ1n) is 8.32. The van der Waals surface area contributed by atoms with Crippen molar-refractivity contribution in [2.24, 2.45) is 0 Å². The second-order valence-electron chi connectivity index (χ2n) is 6.05. The quantitative estimate of drug-likeness (QED) is 0.675. The van der Waals surface area contributed by atoms with Gasteiger partial charge in [-0.05, 0) is 42.8 Å². The summed E-state index contributed by atoms with van der Waals surface area (Å²) in [5, 5.41) is 9.94. The largest absolute Gasteiger partial charge is 0.496 e. The van der Waals surface area contributed by atoms with Crippen LogP contribution in [0.3, 0.4) is 0 Å². The van der Waals surface area contributed by atoms with Crippen LogP contribution in [0.15, 0.2) is 36.4 Å². The molecule has 0 aliphatic rings. The number of nitriles is 1. The fraction of sp³-hybridized carbons (Fsp3) is 0.150. The SMILES string of the molecule is COc1ccc(-c2nc(N)nc(N)c2C#N)cc1COc1ccc(C)cc1Cl. The third-order valence-corrected chi connectivity index (χ3v) is 4.39. The minimum atomic E-state index is -0.00782. The Hall–Kier alpha value is -3.50. The predicted molar refractivity (Wildman–Crippen MR) is 108 cm³/mol. The maximum absolute atomic E-state index is 9.41. The van der Waals surface area contributed by atoms with Gasteiger partial charge in [-0.3, -0.25) is 0 Å². The van der Waals surface area contributed by atoms with Crippen molar-refractivity contribution in [2.45, 2.75) is 13.5 Å². The predicted octanol–water partition coefficient (Wildman–Crippen LogP) is 3.73. The number of rotatable bonds is 5. The van der Waals surface area contributed by atoms with E-state index >= 15 is 0 Å². The van der Waals surface area contributed by atoms with Crippen LogP contribution in [0, 0.1) is 18.3 Å². The monoisotopic (exact) mass is 395 g/mol. The highest BCUT2D eigenvalue weighted by Crippen LogP contribution is 2.31. The van der Waals surface area contributed by atoms with Gasteiger partial charge in [0.25, 0.3) is 0 Å². The second kappa shape index (κ2) is 8.03. The lowest BCUT2D eigenvalue weighted by atomic mass is 10.0. The van der Waals surface area contributed by atoms with Crippen molar-refractivity contribution < 1.29 is 9.47 Å². The van der Waals surface area contributed by atoms with Crippen molar-refractivity contribution >= 4 is 23.4 Å². The molecule has 28 heavy (non-hydrogen) atoms. The molecule has 0 unspecified atom stereocenters. The minimum Gasteiger partial charge on any atom is -0.496 e. The molecule has 4 N–H and O–H groups in total. The van der Waals surface area contributed by atoms with Crippen LogP contribution in [0.4, 0.5) is 11.8 Å². The molecule has 0 bridgehead atoms. The first-order valence-corrected chi connectivity index (χ1v) is 8.70. The number of halogens is 1. The van der Waals surface area contributed by atoms with E-state index in [1.54, 1.807) is 19.2 Å². The van der Waals surface area contributed by atoms with E-state index in [2.05, 4.69) is 9.97 Å². The number of aryl methyl sites for hydroxylation is 1. The number of nitrogen functional groups attached to an aromatic ring is 2. The molecule has 0 fully saturated rings. The highest BCUT2D eigenvalue weighted by molar-refractivity contribution is 6.32. The average molecular weight is 396 g/mol. The van der Waals surface area contributed by atoms with E-state index in [1.807, 2.05) is 37.3 Å². The van der Waals surface area contributed by atoms with E-state index in [4.69, 9.17) is 32.5 Å². The molecular weight excluding hydrogens is 378 g/mol. The molecule has 142 valence electrons. The molecule has 1 heterocycles. The topological polar surface area (TPSA) is 120 Å². The highest BCUT2D eigenvalue weighted by atomic mass is 35.5. The van der Waals surface area contributed by atoms with Gasteiger partial charge in [0.1, 0.15) is 35.6 Å². The minimum absolute atomic E-state index is 0.00782. The highest BCUT2D eigenvalue weighted by Gasteiger charge is 2.15. The van der Waals surface area contributed by atoms with Crippen LogP contribution in [0.5, 0.6) is 11.5 Å². The van der Waals surface area contributed by atoms with Crippen molar-refractivity contribution in [3.05, 3.63) is 58.1 Å². The smallest absolute Gasteiger partial charge is 0.222 e. The van der Waals surface area contributed by atoms with Crippen LogP contribution in [0.2, 0.25) is 5.02 Å². The molecule has 7 nitrogen and oxygen atoms in total. The summed E-state index contributed by atoms with van der Waals surface area (Å²) in [7, 11) is 1.57. The van der Waals surface area contributed by atoms with Crippen LogP contribution in [-0.4, -0.2) is 17.1 Å². The average Bonchev–Trinajstić information content (AvgIpc) is 2.66. The van der Waals surface area contributed by atoms with Crippen molar-refractivity contribution in [2.75, 3.05) is 18.6 Å². The Morgan fingerprint density at radius 2 is 1.86 bits per heavy atom. The third kappa shape index (κ3) is 3.92. The maximum Gasteiger partial charge on any atom is 0.222 e. The zero-order valence-corrected chi connectivity index (χ0v) is 16.1. The summed E-state index contributed by atoms with van der Waals surface area (Å²) in [6.45, 7) is 2.16. The van der Waals surface area contributed by atoms with Crippen molar-refractivity contribution in [3.8, 4) is 28.8 Å². The van der Waals surface area contributed by atoms with Gasteiger partial charge in [-0.2, -0.15) is 10.2 Å². The zero-order chi connectivity index (χ0) is 20.3. The van der Waals surface area contributed by atoms with E-state index in [9.17, 15) is 5.26 Å². The molecule has 0 spiro atoms. The van der Waals surface area contributed by atoms with Crippen LogP contribution >= 0.6 is 11.6 Å². The third-order valence-electron chi connectivity index (χ3n) is 4.09. The van der Waals surface area contributed by atoms with Gasteiger partial charge in [-0.1, -0.05) is 17.7 Å². The first-order chi connectivity index (χ1) is 13.4. The standard InChI is InChI=1S/C20H18ClN5O2/c1-11-3-5-17(15(21)7-11)28-10-13-8-12(4-6-16(13)27-2)18-14(9-22)19(23)26-20(24)25-18/h3-8H,10H2,1-2H3,(H4,23,24,25,26). The number of ether oxygens (including phenoxy) is 2. The Labute approximate surface area is 167 Å². The number of anilines is 2. The van der Waals surface area contributed by atoms with Gasteiger partial charge in [0, 0.05) is 11.1 Å². The zero-order valence-electron chi connectivity index (χ0n) is 15.4. The fourth-order valence-corrected chi connectivity index (χ4v) is 3.02. The van der Waals surface area contributed by atoms with Crippen LogP contribution in [0.25, 0.3) is 11.3 Å². The molecule has 0 amide bonds. The van der Waals surface area contributed by atoms with E-state index in [1.165, 1.54) is 0 Å². The number of methoxy groups -OCH3 is 1. The Morgan fingerprint density at radius 1 is 1.11 bits per heavy atom. The molecule has 0 aliphatic heterocycles. The summed E-state index contributed by atoms with van der Waals surface area (Å²) < 4.78 is 11.3. The van der Waals surface area contributed by atoms with E-state index in [0.717, 1.165) is 11.1 Å². The number of nitrogens with zero attached hydrogens (tertiary/aromatic N) is 3. The van der Waals surface area contributed by atoms with Gasteiger partial charge < -0.3 is 20.9 Å². The maximum atomic E-state index is 9.41. The summed E-state index contributed by atoms with van der Waals surface area (Å²) in [6, 6.07) is 12.9. The van der Waals surface area contributed by atoms with E-state index in [0.29, 0.717) is 27.8 Å². The molecule has 0 saturated carbocycles. The molecule has 1 aromatic heterocycles. The second-order valence-corrected chi connectivity index (χ2v) is 6.46. The van der Waals surface area contributed by atoms with Gasteiger partial charge in [0.05, 0.1) is 17.8 Å². The van der Waals surface area contributed by atoms with Crippen LogP contribution < -0.4 is 20.9 Å². The molecule has 0 aliphatic carbocycles. The number of nitrogens with two attached hydrogens (primary N) is 2. The van der Waals surface area contributed by atoms with Crippen molar-refractivity contribution in [3.63, 3.8) is 0 Å². The molecule has 2 aromatic carbocycles. The molecule has 0 saturated heterocycles. The number of hydrogen-bond donors (Lipinski definition) is 2. The van der Waals surface area contributed by atoms with E-state index < -0.39 is 0 Å². The lowest BCUT2D eigenvalue weighted by Gasteiger charge is -2.14. The normalized spacial score (nSPS) is 10.4. The molecule has 3 aromatic rings. The van der Waals surface area contributed by atoms with Gasteiger partial charge in [0.15, 0.2) is 0 Å². The Kier molecular flexibility index (Phi) is 5.52. The summed E-state index contributed by atoms with van der Waals surface area (Å²) in [4.78, 5) is 8.01. The fourth-order valence-electron chi connectivity index (χ4n) is 2.73. The molecular formula is C20H18ClN5O2. The van der Waals surface area contributed by atoms with Gasteiger partial charge >= 0.3 is 0 Å². The van der Waals surface area contributed by atoms with Crippen LogP contribution in [-0.2, 0) is 6.61 Å². The molecule has 0 radical (unpaired) electrons. The summed E-state index contributed by atoms with van der Waals surface area (Å²) in [5.41, 5.74) is 14.5. The Balaban J connectivity index is 1.98. The lowest BCUT2D eigenvalue weighted by Crippen LogP contribution is -2.05. The summed E-state index contributed by atoms with van der Waals surface area (Å²) in [6.07, 6.45) is 0. The summed E-state index contributed by atoms with van der Waals surface area (Å²) >= 11 is 6.23. The lowest BCUT2D eigenvalue weighted by molar-refractivity contribution is 0.297. The molecule has 0 atom stereocenters. The van der Waals surface area contributed by atoms with Crippen LogP contribution in [0.1, 0.15) is 16.7 Å². The van der Waals surface area contributed by atoms with E-state index in [-0.39, 0.29) is 23.9 Å². The summed E-state index contributed by atoms with van der Waals surface area (Å²) in [5.74, 6) is 1.21. The number of benzene rings is 2. The molecule has 3 rings (SSSR count). The van der Waals surface area contributed by atoms with Gasteiger partial charge in [-0.25, -0.2) is 4.98 Å². The number of aromatic nitrogens is 2. The Bertz CT molecular complexity index is 1080. The first kappa shape index (κ1) is 19.3.